The molecule has 0 heteroatoms. The van der Waals surface area contributed by atoms with Crippen molar-refractivity contribution >= 4 is 0 Å². The van der Waals surface area contributed by atoms with Gasteiger partial charge in [0.1, 0.15) is 0 Å². The average Bonchev–Trinajstić information content (AvgIpc) is 2.69. The molecule has 22 heavy (non-hydrogen) atoms. The van der Waals surface area contributed by atoms with Crippen molar-refractivity contribution in [1.29, 1.82) is 0 Å². The number of rotatable bonds is 1. The number of fused-ring (bicyclic) bond motifs is 5. The Balaban J connectivity index is 0.00000156. The second-order valence-corrected chi connectivity index (χ2v) is 7.27. The van der Waals surface area contributed by atoms with Crippen LogP contribution in [0.25, 0.3) is 11.1 Å². The van der Waals surface area contributed by atoms with Crippen LogP contribution >= 0.6 is 0 Å². The summed E-state index contributed by atoms with van der Waals surface area (Å²) < 4.78 is 0. The van der Waals surface area contributed by atoms with Crippen LogP contribution in [0.3, 0.4) is 0 Å². The molecule has 4 rings (SSSR count). The summed E-state index contributed by atoms with van der Waals surface area (Å²) in [6.07, 6.45) is 8.20. The van der Waals surface area contributed by atoms with Crippen molar-refractivity contribution in [1.82, 2.24) is 0 Å². The molecule has 0 nitrogen and oxygen atoms in total. The van der Waals surface area contributed by atoms with Gasteiger partial charge in [0.05, 0.1) is 0 Å². The minimum absolute atomic E-state index is 0. The summed E-state index contributed by atoms with van der Waals surface area (Å²) >= 11 is 0. The first-order chi connectivity index (χ1) is 10.8. The summed E-state index contributed by atoms with van der Waals surface area (Å²) in [6, 6.07) is 16.4. The fraction of sp³-hybridized carbons (Fsp3) is 0.455. The van der Waals surface area contributed by atoms with Crippen molar-refractivity contribution in [2.24, 2.45) is 5.92 Å². The Kier molecular flexibility index (Phi) is 3.36. The molecule has 0 bridgehead atoms. The van der Waals surface area contributed by atoms with Gasteiger partial charge < -0.3 is 0 Å². The van der Waals surface area contributed by atoms with Gasteiger partial charge in [-0.05, 0) is 47.9 Å². The summed E-state index contributed by atoms with van der Waals surface area (Å²) in [7, 11) is 0. The maximum absolute atomic E-state index is 2.49. The van der Waals surface area contributed by atoms with Gasteiger partial charge in [0, 0.05) is 6.84 Å². The highest BCUT2D eigenvalue weighted by atomic mass is 14.5. The van der Waals surface area contributed by atoms with Gasteiger partial charge in [-0.2, -0.15) is 0 Å². The van der Waals surface area contributed by atoms with Gasteiger partial charge in [-0.25, -0.2) is 0 Å². The average molecular weight is 292 g/mol. The molecule has 1 saturated carbocycles. The van der Waals surface area contributed by atoms with E-state index < -0.39 is 0 Å². The third-order valence-electron chi connectivity index (χ3n) is 6.17. The van der Waals surface area contributed by atoms with E-state index in [1.165, 1.54) is 55.2 Å². The molecule has 0 heterocycles. The minimum atomic E-state index is 0. The summed E-state index contributed by atoms with van der Waals surface area (Å²) in [6.45, 7) is 4.64. The highest BCUT2D eigenvalue weighted by Crippen LogP contribution is 2.58. The van der Waals surface area contributed by atoms with Gasteiger partial charge in [-0.15, -0.1) is 0 Å². The fourth-order valence-electron chi connectivity index (χ4n) is 5.20. The number of benzene rings is 2. The van der Waals surface area contributed by atoms with Crippen LogP contribution in [0.4, 0.5) is 0 Å². The molecule has 0 radical (unpaired) electrons. The van der Waals surface area contributed by atoms with Gasteiger partial charge in [-0.3, -0.25) is 0 Å². The molecular weight excluding hydrogens is 264 g/mol. The van der Waals surface area contributed by atoms with Gasteiger partial charge in [0.2, 0.25) is 0 Å². The van der Waals surface area contributed by atoms with Crippen molar-refractivity contribution in [3.8, 4) is 11.1 Å². The van der Waals surface area contributed by atoms with Crippen LogP contribution in [0.15, 0.2) is 42.5 Å². The van der Waals surface area contributed by atoms with Crippen molar-refractivity contribution < 1.29 is 1.43 Å². The largest absolute Gasteiger partial charge is 0.0651 e. The molecule has 0 aliphatic heterocycles. The second-order valence-electron chi connectivity index (χ2n) is 7.27. The predicted octanol–water partition coefficient (Wildman–Crippen LogP) is 6.50. The fourth-order valence-corrected chi connectivity index (χ4v) is 5.20. The third-order valence-corrected chi connectivity index (χ3v) is 6.17. The maximum atomic E-state index is 2.49. The molecule has 2 aliphatic rings. The van der Waals surface area contributed by atoms with Crippen molar-refractivity contribution in [2.75, 3.05) is 0 Å². The zero-order valence-corrected chi connectivity index (χ0v) is 13.9. The molecule has 0 aromatic heterocycles. The molecule has 2 unspecified atom stereocenters. The van der Waals surface area contributed by atoms with Crippen LogP contribution < -0.4 is 0 Å². The van der Waals surface area contributed by atoms with E-state index in [9.17, 15) is 0 Å². The summed E-state index contributed by atoms with van der Waals surface area (Å²) in [5.74, 6) is 0.791. The molecule has 2 aliphatic carbocycles. The zero-order valence-electron chi connectivity index (χ0n) is 13.9. The van der Waals surface area contributed by atoms with Crippen LogP contribution in [0.5, 0.6) is 0 Å². The van der Waals surface area contributed by atoms with Crippen LogP contribution in [0.1, 0.15) is 63.6 Å². The molecule has 0 N–H and O–H groups in total. The van der Waals surface area contributed by atoms with E-state index >= 15 is 0 Å². The van der Waals surface area contributed by atoms with E-state index in [0.29, 0.717) is 0 Å². The predicted molar refractivity (Wildman–Crippen MR) is 96.4 cm³/mol. The Morgan fingerprint density at radius 3 is 2.68 bits per heavy atom. The van der Waals surface area contributed by atoms with E-state index in [1.807, 2.05) is 0 Å². The summed E-state index contributed by atoms with van der Waals surface area (Å²) in [4.78, 5) is 0. The Bertz CT molecular complexity index is 703. The van der Waals surface area contributed by atoms with Crippen molar-refractivity contribution in [3.63, 3.8) is 0 Å². The van der Waals surface area contributed by atoms with Gasteiger partial charge >= 0.3 is 0 Å². The van der Waals surface area contributed by atoms with E-state index in [1.54, 1.807) is 11.1 Å². The maximum Gasteiger partial charge on any atom is 0.0243 e. The van der Waals surface area contributed by atoms with Crippen LogP contribution in [-0.2, 0) is 5.41 Å². The zero-order chi connectivity index (χ0) is 15.2. The lowest BCUT2D eigenvalue weighted by molar-refractivity contribution is 0.297. The smallest absolute Gasteiger partial charge is 0.0243 e. The molecule has 116 valence electrons. The standard InChI is InChI=1S/C22H26.H2/c1-3-17-9-5-4-8-14-22(17)20-11-7-6-10-18(20)19-13-12-16(2)15-21(19)22;/h6-7,10-13,15,17H,3-5,8-9,14H2,1-2H3;1H. The lowest BCUT2D eigenvalue weighted by atomic mass is 9.64. The molecule has 0 saturated heterocycles. The second kappa shape index (κ2) is 5.26. The van der Waals surface area contributed by atoms with Gasteiger partial charge in [-0.1, -0.05) is 80.6 Å². The van der Waals surface area contributed by atoms with Gasteiger partial charge in [0.15, 0.2) is 0 Å². The normalized spacial score (nSPS) is 26.5. The third kappa shape index (κ3) is 1.82. The van der Waals surface area contributed by atoms with Crippen LogP contribution in [-0.4, -0.2) is 0 Å². The van der Waals surface area contributed by atoms with E-state index in [4.69, 9.17) is 0 Å². The first-order valence-electron chi connectivity index (χ1n) is 8.98. The Morgan fingerprint density at radius 1 is 1.00 bits per heavy atom. The Labute approximate surface area is 136 Å². The minimum Gasteiger partial charge on any atom is -0.0651 e. The highest BCUT2D eigenvalue weighted by molar-refractivity contribution is 5.81. The first kappa shape index (κ1) is 14.1. The first-order valence-corrected chi connectivity index (χ1v) is 8.98. The molecule has 2 aromatic rings. The van der Waals surface area contributed by atoms with E-state index in [0.717, 1.165) is 5.92 Å². The van der Waals surface area contributed by atoms with Crippen molar-refractivity contribution in [2.45, 2.75) is 57.8 Å². The summed E-state index contributed by atoms with van der Waals surface area (Å²) in [5, 5.41) is 0. The monoisotopic (exact) mass is 292 g/mol. The Hall–Kier alpha value is -1.56. The molecule has 2 atom stereocenters. The lowest BCUT2D eigenvalue weighted by Gasteiger charge is -2.38. The van der Waals surface area contributed by atoms with Gasteiger partial charge in [0.25, 0.3) is 0 Å². The molecule has 1 fully saturated rings. The van der Waals surface area contributed by atoms with Crippen LogP contribution in [0.2, 0.25) is 0 Å². The van der Waals surface area contributed by atoms with Crippen LogP contribution in [0, 0.1) is 12.8 Å². The lowest BCUT2D eigenvalue weighted by Crippen LogP contribution is -2.33. The molecular formula is C22H28. The number of aryl methyl sites for hydroxylation is 1. The molecule has 2 aromatic carbocycles. The van der Waals surface area contributed by atoms with E-state index in [2.05, 4.69) is 56.3 Å². The Morgan fingerprint density at radius 2 is 1.82 bits per heavy atom. The molecule has 0 amide bonds. The quantitative estimate of drug-likeness (QED) is 0.563. The number of hydrogen-bond donors (Lipinski definition) is 0. The molecule has 1 spiro atoms. The number of hydrogen-bond acceptors (Lipinski definition) is 0. The van der Waals surface area contributed by atoms with E-state index in [-0.39, 0.29) is 6.84 Å². The van der Waals surface area contributed by atoms with Crippen molar-refractivity contribution in [3.05, 3.63) is 59.2 Å². The summed E-state index contributed by atoms with van der Waals surface area (Å²) in [5.41, 5.74) is 7.93. The highest BCUT2D eigenvalue weighted by Gasteiger charge is 2.47. The topological polar surface area (TPSA) is 0 Å². The SMILES string of the molecule is CCC1CCCCCC12c1ccccc1-c1ccc(C)cc12.[HH].